The molecule has 0 radical (unpaired) electrons. The molecule has 1 amide bonds. The number of rotatable bonds is 5. The fourth-order valence-corrected chi connectivity index (χ4v) is 6.44. The molecule has 1 aliphatic carbocycles. The molecule has 5 heterocycles. The number of halogens is 3. The summed E-state index contributed by atoms with van der Waals surface area (Å²) >= 11 is 5.97. The van der Waals surface area contributed by atoms with E-state index < -0.39 is 29.2 Å². The van der Waals surface area contributed by atoms with Crippen molar-refractivity contribution < 1.29 is 23.0 Å². The Labute approximate surface area is 218 Å². The van der Waals surface area contributed by atoms with E-state index in [0.717, 1.165) is 25.8 Å². The van der Waals surface area contributed by atoms with Crippen molar-refractivity contribution in [3.8, 4) is 6.01 Å². The number of pyridine rings is 1. The maximum Gasteiger partial charge on any atom is 0.408 e. The maximum absolute atomic E-state index is 15.1. The summed E-state index contributed by atoms with van der Waals surface area (Å²) in [5, 5.41) is 3.16. The van der Waals surface area contributed by atoms with Gasteiger partial charge in [0, 0.05) is 38.2 Å². The molecule has 0 bridgehead atoms. The standard InChI is InChI=1S/C25H31ClF2N6O3/c1-23(2,3)37-22(35)32-25-7-14(25)10-33(12-25)20-16-9-29-19(26)17(28)18(16)30-21(31-20)36-13-24-5-4-6-34(24)11-15(27)8-24/h9,14-15H,4-8,10-13H2,1-3H3,(H,32,35)/t14?,15-,24+,25-/m1/s1. The van der Waals surface area contributed by atoms with Crippen LogP contribution in [0.2, 0.25) is 5.15 Å². The summed E-state index contributed by atoms with van der Waals surface area (Å²) in [4.78, 5) is 29.5. The van der Waals surface area contributed by atoms with Gasteiger partial charge in [0.1, 0.15) is 29.7 Å². The molecule has 1 N–H and O–H groups in total. The zero-order valence-electron chi connectivity index (χ0n) is 21.2. The molecule has 37 heavy (non-hydrogen) atoms. The van der Waals surface area contributed by atoms with Crippen LogP contribution in [0.4, 0.5) is 19.4 Å². The predicted molar refractivity (Wildman–Crippen MR) is 133 cm³/mol. The number of hydrogen-bond acceptors (Lipinski definition) is 8. The Balaban J connectivity index is 1.27. The second-order valence-electron chi connectivity index (χ2n) is 11.9. The van der Waals surface area contributed by atoms with Crippen LogP contribution in [0, 0.1) is 11.7 Å². The number of fused-ring (bicyclic) bond motifs is 3. The molecule has 2 aromatic rings. The van der Waals surface area contributed by atoms with Gasteiger partial charge >= 0.3 is 12.1 Å². The van der Waals surface area contributed by atoms with Gasteiger partial charge in [0.25, 0.3) is 0 Å². The number of aromatic nitrogens is 3. The quantitative estimate of drug-likeness (QED) is 0.576. The fraction of sp³-hybridized carbons (Fsp3) is 0.680. The first-order valence-corrected chi connectivity index (χ1v) is 13.1. The average Bonchev–Trinajstić information content (AvgIpc) is 3.08. The van der Waals surface area contributed by atoms with Crippen LogP contribution in [0.3, 0.4) is 0 Å². The zero-order chi connectivity index (χ0) is 26.2. The van der Waals surface area contributed by atoms with Crippen LogP contribution < -0.4 is 15.0 Å². The Morgan fingerprint density at radius 2 is 2.11 bits per heavy atom. The highest BCUT2D eigenvalue weighted by Gasteiger charge is 2.62. The van der Waals surface area contributed by atoms with E-state index in [4.69, 9.17) is 21.1 Å². The number of alkyl halides is 1. The number of anilines is 1. The molecule has 4 fully saturated rings. The summed E-state index contributed by atoms with van der Waals surface area (Å²) in [6, 6.07) is 0.0157. The number of alkyl carbamates (subject to hydrolysis) is 1. The molecule has 200 valence electrons. The highest BCUT2D eigenvalue weighted by Crippen LogP contribution is 2.51. The third-order valence-electron chi connectivity index (χ3n) is 8.03. The van der Waals surface area contributed by atoms with E-state index in [1.54, 1.807) is 0 Å². The summed E-state index contributed by atoms with van der Waals surface area (Å²) in [7, 11) is 0. The molecule has 3 saturated heterocycles. The van der Waals surface area contributed by atoms with Gasteiger partial charge in [-0.3, -0.25) is 4.90 Å². The summed E-state index contributed by atoms with van der Waals surface area (Å²) < 4.78 is 40.8. The number of ether oxygens (including phenoxy) is 2. The molecule has 9 nitrogen and oxygen atoms in total. The number of carbonyl (C=O) groups is 1. The fourth-order valence-electron chi connectivity index (χ4n) is 6.30. The molecule has 0 spiro atoms. The summed E-state index contributed by atoms with van der Waals surface area (Å²) in [6.45, 7) is 8.03. The van der Waals surface area contributed by atoms with E-state index in [1.807, 2.05) is 25.7 Å². The van der Waals surface area contributed by atoms with Crippen molar-refractivity contribution in [1.29, 1.82) is 0 Å². The SMILES string of the molecule is CC(C)(C)OC(=O)N[C@@]12CC1CN(c1nc(OC[C@@]34CCCN3C[C@H](F)C4)nc3c(F)c(Cl)ncc13)C2. The maximum atomic E-state index is 15.1. The van der Waals surface area contributed by atoms with Crippen LogP contribution in [0.15, 0.2) is 6.20 Å². The van der Waals surface area contributed by atoms with Crippen LogP contribution in [0.5, 0.6) is 6.01 Å². The van der Waals surface area contributed by atoms with E-state index >= 15 is 4.39 Å². The van der Waals surface area contributed by atoms with Gasteiger partial charge in [0.05, 0.1) is 16.5 Å². The van der Waals surface area contributed by atoms with E-state index in [0.29, 0.717) is 37.3 Å². The van der Waals surface area contributed by atoms with Crippen molar-refractivity contribution in [2.24, 2.45) is 5.92 Å². The zero-order valence-corrected chi connectivity index (χ0v) is 21.9. The predicted octanol–water partition coefficient (Wildman–Crippen LogP) is 3.88. The van der Waals surface area contributed by atoms with Crippen LogP contribution in [-0.2, 0) is 4.74 Å². The minimum absolute atomic E-state index is 0.0157. The third-order valence-corrected chi connectivity index (χ3v) is 8.29. The normalized spacial score (nSPS) is 30.9. The van der Waals surface area contributed by atoms with E-state index in [-0.39, 0.29) is 34.7 Å². The number of nitrogens with one attached hydrogen (secondary N) is 1. The minimum atomic E-state index is -0.885. The van der Waals surface area contributed by atoms with E-state index in [9.17, 15) is 9.18 Å². The molecule has 1 saturated carbocycles. The van der Waals surface area contributed by atoms with Gasteiger partial charge in [0.2, 0.25) is 0 Å². The Morgan fingerprint density at radius 1 is 1.30 bits per heavy atom. The number of carbonyl (C=O) groups excluding carboxylic acids is 1. The minimum Gasteiger partial charge on any atom is -0.461 e. The van der Waals surface area contributed by atoms with Crippen molar-refractivity contribution in [1.82, 2.24) is 25.2 Å². The monoisotopic (exact) mass is 536 g/mol. The first-order valence-electron chi connectivity index (χ1n) is 12.8. The molecular weight excluding hydrogens is 506 g/mol. The number of piperidine rings is 1. The average molecular weight is 537 g/mol. The molecule has 0 aromatic carbocycles. The molecule has 2 aromatic heterocycles. The molecule has 3 aliphatic heterocycles. The van der Waals surface area contributed by atoms with Gasteiger partial charge in [-0.05, 0) is 46.6 Å². The second kappa shape index (κ2) is 8.49. The lowest BCUT2D eigenvalue weighted by atomic mass is 9.95. The van der Waals surface area contributed by atoms with Crippen LogP contribution in [-0.4, -0.2) is 81.6 Å². The molecule has 6 rings (SSSR count). The Kier molecular flexibility index (Phi) is 5.69. The first-order chi connectivity index (χ1) is 17.5. The van der Waals surface area contributed by atoms with E-state index in [1.165, 1.54) is 6.20 Å². The third kappa shape index (κ3) is 4.43. The van der Waals surface area contributed by atoms with Crippen molar-refractivity contribution in [3.63, 3.8) is 0 Å². The topological polar surface area (TPSA) is 92.7 Å². The number of hydrogen-bond donors (Lipinski definition) is 1. The lowest BCUT2D eigenvalue weighted by molar-refractivity contribution is 0.0498. The van der Waals surface area contributed by atoms with Gasteiger partial charge in [-0.15, -0.1) is 0 Å². The first kappa shape index (κ1) is 24.8. The highest BCUT2D eigenvalue weighted by molar-refractivity contribution is 6.30. The molecule has 4 aliphatic rings. The molecule has 12 heteroatoms. The summed E-state index contributed by atoms with van der Waals surface area (Å²) in [5.74, 6) is -0.0643. The van der Waals surface area contributed by atoms with Crippen molar-refractivity contribution in [2.45, 2.75) is 69.3 Å². The van der Waals surface area contributed by atoms with Crippen LogP contribution in [0.25, 0.3) is 10.9 Å². The lowest BCUT2D eigenvalue weighted by Gasteiger charge is -2.31. The molecule has 1 unspecified atom stereocenters. The number of nitrogens with zero attached hydrogens (tertiary/aromatic N) is 5. The van der Waals surface area contributed by atoms with E-state index in [2.05, 4.69) is 25.2 Å². The van der Waals surface area contributed by atoms with Gasteiger partial charge in [-0.25, -0.2) is 18.6 Å². The van der Waals surface area contributed by atoms with Crippen molar-refractivity contribution in [3.05, 3.63) is 17.2 Å². The second-order valence-corrected chi connectivity index (χ2v) is 12.2. The summed E-state index contributed by atoms with van der Waals surface area (Å²) in [6.07, 6.45) is 3.17. The van der Waals surface area contributed by atoms with Gasteiger partial charge in [-0.1, -0.05) is 11.6 Å². The Hall–Kier alpha value is -2.53. The van der Waals surface area contributed by atoms with Crippen molar-refractivity contribution >= 4 is 34.4 Å². The largest absolute Gasteiger partial charge is 0.461 e. The smallest absolute Gasteiger partial charge is 0.408 e. The van der Waals surface area contributed by atoms with Gasteiger partial charge in [-0.2, -0.15) is 9.97 Å². The summed E-state index contributed by atoms with van der Waals surface area (Å²) in [5.41, 5.74) is -1.40. The molecule has 4 atom stereocenters. The molecular formula is C25H31ClF2N6O3. The lowest BCUT2D eigenvalue weighted by Crippen LogP contribution is -2.45. The van der Waals surface area contributed by atoms with Crippen molar-refractivity contribution in [2.75, 3.05) is 37.7 Å². The van der Waals surface area contributed by atoms with Gasteiger partial charge < -0.3 is 19.7 Å². The highest BCUT2D eigenvalue weighted by atomic mass is 35.5. The Bertz CT molecular complexity index is 1260. The Morgan fingerprint density at radius 3 is 2.89 bits per heavy atom. The van der Waals surface area contributed by atoms with Crippen LogP contribution in [0.1, 0.15) is 46.5 Å². The van der Waals surface area contributed by atoms with Gasteiger partial charge in [0.15, 0.2) is 11.0 Å². The number of amides is 1. The van der Waals surface area contributed by atoms with Crippen LogP contribution >= 0.6 is 11.6 Å².